The van der Waals surface area contributed by atoms with Crippen LogP contribution in [0.1, 0.15) is 6.92 Å². The van der Waals surface area contributed by atoms with Gasteiger partial charge in [-0.15, -0.1) is 0 Å². The van der Waals surface area contributed by atoms with Gasteiger partial charge in [-0.05, 0) is 6.92 Å². The fourth-order valence-electron chi connectivity index (χ4n) is 0.496. The predicted molar refractivity (Wildman–Crippen MR) is 42.6 cm³/mol. The minimum Gasteiger partial charge on any atom is -0.324 e. The van der Waals surface area contributed by atoms with E-state index in [-0.39, 0.29) is 0 Å². The summed E-state index contributed by atoms with van der Waals surface area (Å²) in [6.07, 6.45) is 0. The molecule has 0 saturated heterocycles. The highest BCUT2D eigenvalue weighted by Gasteiger charge is 2.56. The second-order valence-electron chi connectivity index (χ2n) is 2.62. The summed E-state index contributed by atoms with van der Waals surface area (Å²) in [4.78, 5) is 36.0. The molecule has 0 unspecified atom stereocenters. The normalized spacial score (nSPS) is 14.6. The first-order valence-electron chi connectivity index (χ1n) is 2.99. The number of nitrogens with two attached hydrogens (primary N) is 1. The maximum absolute atomic E-state index is 10.8. The molecule has 0 aliphatic rings. The summed E-state index contributed by atoms with van der Waals surface area (Å²) in [6.45, 7) is -0.219. The minimum atomic E-state index is -4.99. The van der Waals surface area contributed by atoms with Gasteiger partial charge in [0.2, 0.25) is 0 Å². The van der Waals surface area contributed by atoms with Gasteiger partial charge in [0.05, 0.1) is 6.61 Å². The lowest BCUT2D eigenvalue weighted by Crippen LogP contribution is -2.32. The van der Waals surface area contributed by atoms with E-state index in [0.29, 0.717) is 6.92 Å². The zero-order chi connectivity index (χ0) is 10.9. The molecule has 0 spiro atoms. The fourth-order valence-corrected chi connectivity index (χ4v) is 2.34. The van der Waals surface area contributed by atoms with Crippen LogP contribution in [0.25, 0.3) is 0 Å². The van der Waals surface area contributed by atoms with E-state index < -0.39 is 26.7 Å². The molecule has 0 rings (SSSR count). The average Bonchev–Trinajstić information content (AvgIpc) is 1.82. The second-order valence-corrected chi connectivity index (χ2v) is 7.12. The van der Waals surface area contributed by atoms with Crippen LogP contribution in [0.5, 0.6) is 0 Å². The van der Waals surface area contributed by atoms with Gasteiger partial charge in [0, 0.05) is 0 Å². The molecule has 0 aromatic carbocycles. The quantitative estimate of drug-likeness (QED) is 0.306. The monoisotopic (exact) mass is 235 g/mol. The molecule has 0 atom stereocenters. The molecular weight excluding hydrogens is 224 g/mol. The molecule has 80 valence electrons. The zero-order valence-electron chi connectivity index (χ0n) is 6.69. The molecule has 13 heavy (non-hydrogen) atoms. The lowest BCUT2D eigenvalue weighted by molar-refractivity contribution is 0.118. The first kappa shape index (κ1) is 13.2. The van der Waals surface area contributed by atoms with E-state index in [9.17, 15) is 9.13 Å². The molecule has 6 N–H and O–H groups in total. The van der Waals surface area contributed by atoms with Crippen LogP contribution in [0.2, 0.25) is 0 Å². The van der Waals surface area contributed by atoms with Crippen LogP contribution >= 0.6 is 15.2 Å². The molecule has 0 aliphatic heterocycles. The summed E-state index contributed by atoms with van der Waals surface area (Å²) < 4.78 is 21.5. The third-order valence-electron chi connectivity index (χ3n) is 1.61. The van der Waals surface area contributed by atoms with Crippen LogP contribution in [-0.4, -0.2) is 31.1 Å². The summed E-state index contributed by atoms with van der Waals surface area (Å²) in [5.74, 6) is 4.52. The Morgan fingerprint density at radius 2 is 1.54 bits per heavy atom. The van der Waals surface area contributed by atoms with Crippen molar-refractivity contribution in [3.8, 4) is 0 Å². The highest BCUT2D eigenvalue weighted by molar-refractivity contribution is 7.72. The van der Waals surface area contributed by atoms with E-state index in [0.717, 1.165) is 0 Å². The first-order chi connectivity index (χ1) is 5.56. The summed E-state index contributed by atoms with van der Waals surface area (Å²) in [5.41, 5.74) is 0. The fraction of sp³-hybridized carbons (Fsp3) is 1.00. The van der Waals surface area contributed by atoms with Crippen molar-refractivity contribution >= 4 is 15.2 Å². The van der Waals surface area contributed by atoms with Crippen molar-refractivity contribution in [2.24, 2.45) is 5.90 Å². The third-order valence-corrected chi connectivity index (χ3v) is 5.94. The number of hydrogen-bond donors (Lipinski definition) is 5. The molecule has 0 fully saturated rings. The van der Waals surface area contributed by atoms with Crippen molar-refractivity contribution in [3.05, 3.63) is 0 Å². The maximum atomic E-state index is 10.8. The predicted octanol–water partition coefficient (Wildman–Crippen LogP) is -1.05. The molecule has 0 amide bonds. The molecule has 0 aliphatic carbocycles. The van der Waals surface area contributed by atoms with E-state index >= 15 is 0 Å². The molecule has 10 heteroatoms. The topological polar surface area (TPSA) is 150 Å². The Labute approximate surface area is 74.0 Å². The van der Waals surface area contributed by atoms with Gasteiger partial charge in [-0.2, -0.15) is 0 Å². The van der Waals surface area contributed by atoms with Gasteiger partial charge in [0.25, 0.3) is 0 Å². The Kier molecular flexibility index (Phi) is 3.83. The third kappa shape index (κ3) is 2.59. The molecule has 0 heterocycles. The smallest absolute Gasteiger partial charge is 0.324 e. The lowest BCUT2D eigenvalue weighted by Gasteiger charge is -2.29. The van der Waals surface area contributed by atoms with Crippen molar-refractivity contribution in [2.75, 3.05) is 6.61 Å². The zero-order valence-corrected chi connectivity index (χ0v) is 8.48. The van der Waals surface area contributed by atoms with Gasteiger partial charge < -0.3 is 24.4 Å². The van der Waals surface area contributed by atoms with Crippen LogP contribution in [0, 0.1) is 0 Å². The molecule has 0 bridgehead atoms. The van der Waals surface area contributed by atoms with Crippen LogP contribution in [-0.2, 0) is 14.0 Å². The average molecular weight is 235 g/mol. The van der Waals surface area contributed by atoms with Crippen LogP contribution in [0.15, 0.2) is 0 Å². The molecule has 0 aromatic heterocycles. The standard InChI is InChI=1S/C3H11NO7P2/c1-3(2-11-4,12(5,6)7)13(8,9)10/h2,4H2,1H3,(H2,5,6,7)(H2,8,9,10). The van der Waals surface area contributed by atoms with Crippen molar-refractivity contribution in [2.45, 2.75) is 11.8 Å². The van der Waals surface area contributed by atoms with Crippen LogP contribution in [0.3, 0.4) is 0 Å². The minimum absolute atomic E-state index is 0.710. The van der Waals surface area contributed by atoms with Crippen molar-refractivity contribution in [3.63, 3.8) is 0 Å². The Balaban J connectivity index is 5.22. The number of rotatable bonds is 4. The van der Waals surface area contributed by atoms with E-state index in [1.54, 1.807) is 0 Å². The molecule has 0 radical (unpaired) electrons. The van der Waals surface area contributed by atoms with E-state index in [1.165, 1.54) is 0 Å². The maximum Gasteiger partial charge on any atom is 0.345 e. The Hall–Kier alpha value is 0.220. The summed E-state index contributed by atoms with van der Waals surface area (Å²) in [5, 5.41) is 0. The van der Waals surface area contributed by atoms with Crippen molar-refractivity contribution < 1.29 is 33.5 Å². The van der Waals surface area contributed by atoms with E-state index in [2.05, 4.69) is 10.7 Å². The van der Waals surface area contributed by atoms with E-state index in [4.69, 9.17) is 19.6 Å². The summed E-state index contributed by atoms with van der Waals surface area (Å²) >= 11 is 0. The SMILES string of the molecule is CC(CON)(P(=O)(O)O)P(=O)(O)O. The second kappa shape index (κ2) is 3.76. The molecule has 0 aromatic rings. The highest BCUT2D eigenvalue weighted by atomic mass is 31.2. The summed E-state index contributed by atoms with van der Waals surface area (Å²) in [7, 11) is -9.99. The van der Waals surface area contributed by atoms with Gasteiger partial charge in [-0.25, -0.2) is 5.90 Å². The Morgan fingerprint density at radius 1 is 1.23 bits per heavy atom. The van der Waals surface area contributed by atoms with Crippen molar-refractivity contribution in [1.29, 1.82) is 0 Å². The molecule has 0 saturated carbocycles. The van der Waals surface area contributed by atoms with Crippen molar-refractivity contribution in [1.82, 2.24) is 0 Å². The largest absolute Gasteiger partial charge is 0.345 e. The van der Waals surface area contributed by atoms with Gasteiger partial charge in [0.1, 0.15) is 0 Å². The Morgan fingerprint density at radius 3 is 1.62 bits per heavy atom. The number of hydrogen-bond acceptors (Lipinski definition) is 4. The molecule has 8 nitrogen and oxygen atoms in total. The first-order valence-corrected chi connectivity index (χ1v) is 6.22. The van der Waals surface area contributed by atoms with Gasteiger partial charge in [-0.3, -0.25) is 9.13 Å². The lowest BCUT2D eigenvalue weighted by atomic mass is 10.5. The van der Waals surface area contributed by atoms with Gasteiger partial charge in [0.15, 0.2) is 4.90 Å². The summed E-state index contributed by atoms with van der Waals surface area (Å²) in [6, 6.07) is 0. The Bertz CT molecular complexity index is 243. The van der Waals surface area contributed by atoms with E-state index in [1.807, 2.05) is 0 Å². The molecular formula is C3H11NO7P2. The van der Waals surface area contributed by atoms with Gasteiger partial charge in [-0.1, -0.05) is 0 Å². The van der Waals surface area contributed by atoms with Crippen LogP contribution < -0.4 is 5.90 Å². The highest BCUT2D eigenvalue weighted by Crippen LogP contribution is 2.68. The van der Waals surface area contributed by atoms with Crippen LogP contribution in [0.4, 0.5) is 0 Å². The van der Waals surface area contributed by atoms with Gasteiger partial charge >= 0.3 is 15.2 Å².